The Labute approximate surface area is 105 Å². The first-order chi connectivity index (χ1) is 8.38. The van der Waals surface area contributed by atoms with Crippen molar-refractivity contribution in [1.29, 1.82) is 0 Å². The highest BCUT2D eigenvalue weighted by Gasteiger charge is 2.28. The fraction of sp³-hybridized carbons (Fsp3) is 0.385. The molecule has 0 spiro atoms. The van der Waals surface area contributed by atoms with E-state index >= 15 is 0 Å². The van der Waals surface area contributed by atoms with Gasteiger partial charge in [0, 0.05) is 17.1 Å². The van der Waals surface area contributed by atoms with Crippen molar-refractivity contribution in [2.24, 2.45) is 0 Å². The van der Waals surface area contributed by atoms with Gasteiger partial charge in [-0.15, -0.1) is 0 Å². The Balaban J connectivity index is 2.89. The van der Waals surface area contributed by atoms with Crippen LogP contribution in [0.2, 0.25) is 0 Å². The van der Waals surface area contributed by atoms with E-state index < -0.39 is 5.97 Å². The van der Waals surface area contributed by atoms with Crippen LogP contribution < -0.4 is 0 Å². The fourth-order valence-corrected chi connectivity index (χ4v) is 2.04. The minimum atomic E-state index is -0.562. The lowest BCUT2D eigenvalue weighted by Crippen LogP contribution is -2.21. The predicted octanol–water partition coefficient (Wildman–Crippen LogP) is 2.28. The molecule has 0 unspecified atom stereocenters. The molecule has 0 atom stereocenters. The molecular formula is C13H16N2O3. The summed E-state index contributed by atoms with van der Waals surface area (Å²) in [4.78, 5) is 16.0. The quantitative estimate of drug-likeness (QED) is 0.786. The number of pyridine rings is 1. The van der Waals surface area contributed by atoms with Gasteiger partial charge < -0.3 is 9.84 Å². The number of hydrogen-bond acceptors (Lipinski definition) is 4. The van der Waals surface area contributed by atoms with Gasteiger partial charge in [0.1, 0.15) is 11.2 Å². The molecule has 0 aromatic carbocycles. The molecule has 0 bridgehead atoms. The molecule has 5 heteroatoms. The summed E-state index contributed by atoms with van der Waals surface area (Å²) in [5, 5.41) is 10.9. The Kier molecular flexibility index (Phi) is 2.77. The summed E-state index contributed by atoms with van der Waals surface area (Å²) in [6.45, 7) is 5.80. The summed E-state index contributed by atoms with van der Waals surface area (Å²) < 4.78 is 6.34. The van der Waals surface area contributed by atoms with E-state index in [1.807, 2.05) is 20.8 Å². The molecule has 1 N–H and O–H groups in total. The Bertz CT molecular complexity index is 608. The summed E-state index contributed by atoms with van der Waals surface area (Å²) >= 11 is 0. The van der Waals surface area contributed by atoms with Crippen LogP contribution in [0, 0.1) is 0 Å². The molecule has 2 heterocycles. The maximum Gasteiger partial charge on any atom is 0.344 e. The minimum Gasteiger partial charge on any atom is -0.494 e. The van der Waals surface area contributed by atoms with Gasteiger partial charge in [-0.3, -0.25) is 4.57 Å². The normalized spacial score (nSPS) is 11.8. The van der Waals surface area contributed by atoms with E-state index in [0.29, 0.717) is 11.0 Å². The minimum absolute atomic E-state index is 0.108. The summed E-state index contributed by atoms with van der Waals surface area (Å²) in [5.41, 5.74) is 0.349. The Morgan fingerprint density at radius 1 is 1.44 bits per heavy atom. The largest absolute Gasteiger partial charge is 0.494 e. The number of methoxy groups -OCH3 is 1. The van der Waals surface area contributed by atoms with Gasteiger partial charge in [0.15, 0.2) is 0 Å². The second kappa shape index (κ2) is 4.01. The number of fused-ring (bicyclic) bond motifs is 1. The summed E-state index contributed by atoms with van der Waals surface area (Å²) in [6, 6.07) is 3.47. The van der Waals surface area contributed by atoms with Crippen molar-refractivity contribution < 1.29 is 14.6 Å². The van der Waals surface area contributed by atoms with E-state index in [-0.39, 0.29) is 17.0 Å². The van der Waals surface area contributed by atoms with E-state index in [2.05, 4.69) is 4.98 Å². The van der Waals surface area contributed by atoms with Crippen LogP contribution >= 0.6 is 0 Å². The van der Waals surface area contributed by atoms with Gasteiger partial charge in [0.2, 0.25) is 5.88 Å². The van der Waals surface area contributed by atoms with Crippen LogP contribution in [0.15, 0.2) is 18.3 Å². The van der Waals surface area contributed by atoms with Crippen LogP contribution in [0.3, 0.4) is 0 Å². The average Bonchev–Trinajstić information content (AvgIpc) is 2.59. The third-order valence-corrected chi connectivity index (χ3v) is 2.76. The van der Waals surface area contributed by atoms with Gasteiger partial charge in [-0.2, -0.15) is 0 Å². The lowest BCUT2D eigenvalue weighted by atomic mass is 10.1. The van der Waals surface area contributed by atoms with Gasteiger partial charge in [-0.1, -0.05) is 0 Å². The first kappa shape index (κ1) is 12.4. The zero-order valence-corrected chi connectivity index (χ0v) is 10.9. The van der Waals surface area contributed by atoms with Gasteiger partial charge in [-0.05, 0) is 32.9 Å². The highest BCUT2D eigenvalue weighted by molar-refractivity contribution is 6.06. The van der Waals surface area contributed by atoms with Crippen molar-refractivity contribution in [2.75, 3.05) is 7.11 Å². The average molecular weight is 248 g/mol. The molecule has 0 amide bonds. The highest BCUT2D eigenvalue weighted by Crippen LogP contribution is 2.35. The van der Waals surface area contributed by atoms with E-state index in [0.717, 1.165) is 0 Å². The van der Waals surface area contributed by atoms with Crippen LogP contribution in [0.5, 0.6) is 5.88 Å². The molecule has 96 valence electrons. The molecular weight excluding hydrogens is 232 g/mol. The molecule has 0 aliphatic heterocycles. The predicted molar refractivity (Wildman–Crippen MR) is 67.7 cm³/mol. The molecule has 0 aliphatic carbocycles. The molecule has 2 rings (SSSR count). The van der Waals surface area contributed by atoms with Gasteiger partial charge in [0.05, 0.1) is 7.11 Å². The number of carbonyl (C=O) groups is 1. The molecule has 0 fully saturated rings. The summed E-state index contributed by atoms with van der Waals surface area (Å²) in [7, 11) is 1.29. The van der Waals surface area contributed by atoms with Crippen LogP contribution in [-0.2, 0) is 10.3 Å². The maximum absolute atomic E-state index is 11.8. The molecule has 0 aliphatic rings. The first-order valence-corrected chi connectivity index (χ1v) is 5.65. The van der Waals surface area contributed by atoms with Crippen molar-refractivity contribution in [3.05, 3.63) is 23.9 Å². The van der Waals surface area contributed by atoms with Crippen molar-refractivity contribution in [3.63, 3.8) is 0 Å². The second-order valence-electron chi connectivity index (χ2n) is 5.07. The van der Waals surface area contributed by atoms with Gasteiger partial charge in [0.25, 0.3) is 0 Å². The number of esters is 1. The molecule has 0 radical (unpaired) electrons. The third-order valence-electron chi connectivity index (χ3n) is 2.76. The number of aromatic nitrogens is 2. The number of ether oxygens (including phenoxy) is 1. The molecule has 0 saturated heterocycles. The van der Waals surface area contributed by atoms with E-state index in [1.54, 1.807) is 22.9 Å². The lowest BCUT2D eigenvalue weighted by molar-refractivity contribution is 0.0598. The summed E-state index contributed by atoms with van der Waals surface area (Å²) in [5.74, 6) is -0.670. The Hall–Kier alpha value is -2.04. The van der Waals surface area contributed by atoms with E-state index in [9.17, 15) is 9.90 Å². The monoisotopic (exact) mass is 248 g/mol. The maximum atomic E-state index is 11.8. The van der Waals surface area contributed by atoms with Gasteiger partial charge >= 0.3 is 5.97 Å². The van der Waals surface area contributed by atoms with Crippen LogP contribution in [-0.4, -0.2) is 27.7 Å². The van der Waals surface area contributed by atoms with Gasteiger partial charge in [-0.25, -0.2) is 9.78 Å². The SMILES string of the molecule is COC(=O)c1c(O)n(C(C)(C)C)c2ncccc12. The van der Waals surface area contributed by atoms with E-state index in [4.69, 9.17) is 4.74 Å². The van der Waals surface area contributed by atoms with Crippen LogP contribution in [0.4, 0.5) is 0 Å². The van der Waals surface area contributed by atoms with E-state index in [1.165, 1.54) is 7.11 Å². The number of aromatic hydroxyl groups is 1. The molecule has 5 nitrogen and oxygen atoms in total. The zero-order chi connectivity index (χ0) is 13.5. The Morgan fingerprint density at radius 2 is 2.11 bits per heavy atom. The molecule has 18 heavy (non-hydrogen) atoms. The second-order valence-corrected chi connectivity index (χ2v) is 5.07. The fourth-order valence-electron chi connectivity index (χ4n) is 2.04. The Morgan fingerprint density at radius 3 is 2.67 bits per heavy atom. The van der Waals surface area contributed by atoms with Crippen LogP contribution in [0.1, 0.15) is 31.1 Å². The molecule has 0 saturated carbocycles. The molecule has 2 aromatic rings. The zero-order valence-electron chi connectivity index (χ0n) is 10.9. The standard InChI is InChI=1S/C13H16N2O3/c1-13(2,3)15-10-8(6-5-7-14-10)9(11(15)16)12(17)18-4/h5-7,16H,1-4H3. The lowest BCUT2D eigenvalue weighted by Gasteiger charge is -2.22. The summed E-state index contributed by atoms with van der Waals surface area (Å²) in [6.07, 6.45) is 1.63. The van der Waals surface area contributed by atoms with Crippen molar-refractivity contribution in [2.45, 2.75) is 26.3 Å². The smallest absolute Gasteiger partial charge is 0.344 e. The molecule has 2 aromatic heterocycles. The first-order valence-electron chi connectivity index (χ1n) is 5.65. The number of hydrogen-bond donors (Lipinski definition) is 1. The number of rotatable bonds is 1. The number of nitrogens with zero attached hydrogens (tertiary/aromatic N) is 2. The number of carbonyl (C=O) groups excluding carboxylic acids is 1. The highest BCUT2D eigenvalue weighted by atomic mass is 16.5. The van der Waals surface area contributed by atoms with Crippen LogP contribution in [0.25, 0.3) is 11.0 Å². The third kappa shape index (κ3) is 1.72. The van der Waals surface area contributed by atoms with Crippen molar-refractivity contribution in [1.82, 2.24) is 9.55 Å². The van der Waals surface area contributed by atoms with Crippen molar-refractivity contribution >= 4 is 17.0 Å². The van der Waals surface area contributed by atoms with Crippen molar-refractivity contribution in [3.8, 4) is 5.88 Å². The topological polar surface area (TPSA) is 64.3 Å².